The van der Waals surface area contributed by atoms with E-state index in [4.69, 9.17) is 9.47 Å². The second kappa shape index (κ2) is 8.73. The van der Waals surface area contributed by atoms with Crippen molar-refractivity contribution in [1.82, 2.24) is 4.98 Å². The van der Waals surface area contributed by atoms with E-state index in [0.29, 0.717) is 6.61 Å². The lowest BCUT2D eigenvalue weighted by Gasteiger charge is -2.06. The Kier molecular flexibility index (Phi) is 6.36. The number of hydrogen-bond acceptors (Lipinski definition) is 4. The van der Waals surface area contributed by atoms with E-state index in [1.807, 2.05) is 37.3 Å². The quantitative estimate of drug-likeness (QED) is 0.445. The number of benzene rings is 1. The minimum atomic E-state index is -0.344. The summed E-state index contributed by atoms with van der Waals surface area (Å²) >= 11 is 0. The lowest BCUT2D eigenvalue weighted by molar-refractivity contribution is -0.137. The number of aromatic nitrogens is 1. The van der Waals surface area contributed by atoms with Crippen molar-refractivity contribution in [3.05, 3.63) is 65.5 Å². The van der Waals surface area contributed by atoms with Crippen LogP contribution >= 0.6 is 0 Å². The van der Waals surface area contributed by atoms with Gasteiger partial charge < -0.3 is 9.47 Å². The molecule has 0 unspecified atom stereocenters. The van der Waals surface area contributed by atoms with Crippen molar-refractivity contribution in [2.75, 3.05) is 13.7 Å². The Morgan fingerprint density at radius 1 is 1.22 bits per heavy atom. The van der Waals surface area contributed by atoms with Crippen molar-refractivity contribution in [3.8, 4) is 5.75 Å². The van der Waals surface area contributed by atoms with Gasteiger partial charge in [0.25, 0.3) is 0 Å². The highest BCUT2D eigenvalue weighted by Crippen LogP contribution is 2.20. The monoisotopic (exact) mass is 311 g/mol. The summed E-state index contributed by atoms with van der Waals surface area (Å²) in [5.74, 6) is 0.389. The van der Waals surface area contributed by atoms with Gasteiger partial charge in [-0.1, -0.05) is 11.6 Å². The molecule has 2 aromatic rings. The van der Waals surface area contributed by atoms with Crippen molar-refractivity contribution < 1.29 is 14.3 Å². The number of carbonyl (C=O) groups is 1. The van der Waals surface area contributed by atoms with Gasteiger partial charge in [-0.25, -0.2) is 4.79 Å². The van der Waals surface area contributed by atoms with Crippen LogP contribution in [0.15, 0.2) is 48.8 Å². The first-order chi connectivity index (χ1) is 11.2. The van der Waals surface area contributed by atoms with Gasteiger partial charge in [-0.3, -0.25) is 4.98 Å². The van der Waals surface area contributed by atoms with Crippen LogP contribution in [0.2, 0.25) is 0 Å². The van der Waals surface area contributed by atoms with Crippen molar-refractivity contribution in [1.29, 1.82) is 0 Å². The molecule has 120 valence electrons. The highest BCUT2D eigenvalue weighted by molar-refractivity contribution is 5.87. The number of rotatable bonds is 7. The van der Waals surface area contributed by atoms with Gasteiger partial charge in [-0.15, -0.1) is 0 Å². The molecule has 0 amide bonds. The maximum atomic E-state index is 11.8. The molecule has 0 aliphatic carbocycles. The Bertz CT molecular complexity index is 666. The van der Waals surface area contributed by atoms with Crippen LogP contribution in [0.1, 0.15) is 23.1 Å². The molecule has 4 heteroatoms. The molecule has 0 spiro atoms. The summed E-state index contributed by atoms with van der Waals surface area (Å²) in [6.07, 6.45) is 8.34. The molecule has 0 bridgehead atoms. The highest BCUT2D eigenvalue weighted by atomic mass is 16.5. The Morgan fingerprint density at radius 3 is 2.74 bits per heavy atom. The van der Waals surface area contributed by atoms with E-state index in [-0.39, 0.29) is 5.97 Å². The molecule has 0 fully saturated rings. The lowest BCUT2D eigenvalue weighted by atomic mass is 10.1. The Labute approximate surface area is 136 Å². The lowest BCUT2D eigenvalue weighted by Crippen LogP contribution is -2.03. The SMILES string of the molecule is COc1ccc(C)cc1C=CC(=O)OCCCc1ccncc1. The predicted octanol–water partition coefficient (Wildman–Crippen LogP) is 3.59. The fraction of sp³-hybridized carbons (Fsp3) is 0.263. The summed E-state index contributed by atoms with van der Waals surface area (Å²) in [6, 6.07) is 9.74. The summed E-state index contributed by atoms with van der Waals surface area (Å²) in [6.45, 7) is 2.39. The van der Waals surface area contributed by atoms with Gasteiger partial charge >= 0.3 is 5.97 Å². The molecular weight excluding hydrogens is 290 g/mol. The summed E-state index contributed by atoms with van der Waals surface area (Å²) in [4.78, 5) is 15.7. The Morgan fingerprint density at radius 2 is 2.00 bits per heavy atom. The number of methoxy groups -OCH3 is 1. The second-order valence-electron chi connectivity index (χ2n) is 5.21. The molecule has 1 aromatic heterocycles. The molecule has 0 N–H and O–H groups in total. The third-order valence-electron chi connectivity index (χ3n) is 3.39. The van der Waals surface area contributed by atoms with E-state index in [1.165, 1.54) is 11.6 Å². The number of hydrogen-bond donors (Lipinski definition) is 0. The van der Waals surface area contributed by atoms with Gasteiger partial charge in [-0.2, -0.15) is 0 Å². The molecule has 0 atom stereocenters. The zero-order valence-electron chi connectivity index (χ0n) is 13.5. The first kappa shape index (κ1) is 16.7. The maximum Gasteiger partial charge on any atom is 0.330 e. The average molecular weight is 311 g/mol. The van der Waals surface area contributed by atoms with Gasteiger partial charge in [0.15, 0.2) is 0 Å². The van der Waals surface area contributed by atoms with Gasteiger partial charge in [0.1, 0.15) is 5.75 Å². The molecular formula is C19H21NO3. The fourth-order valence-electron chi connectivity index (χ4n) is 2.19. The van der Waals surface area contributed by atoms with Crippen molar-refractivity contribution in [2.45, 2.75) is 19.8 Å². The van der Waals surface area contributed by atoms with Crippen LogP contribution in [0.4, 0.5) is 0 Å². The minimum Gasteiger partial charge on any atom is -0.496 e. The van der Waals surface area contributed by atoms with Gasteiger partial charge in [-0.05, 0) is 55.7 Å². The van der Waals surface area contributed by atoms with Crippen molar-refractivity contribution in [2.24, 2.45) is 0 Å². The van der Waals surface area contributed by atoms with Crippen LogP contribution in [-0.2, 0) is 16.0 Å². The molecule has 0 aliphatic rings. The molecule has 2 rings (SSSR count). The number of nitrogens with zero attached hydrogens (tertiary/aromatic N) is 1. The van der Waals surface area contributed by atoms with E-state index >= 15 is 0 Å². The standard InChI is InChI=1S/C19H21NO3/c1-15-5-7-18(22-2)17(14-15)6-8-19(21)23-13-3-4-16-9-11-20-12-10-16/h5-12,14H,3-4,13H2,1-2H3. The van der Waals surface area contributed by atoms with E-state index in [2.05, 4.69) is 4.98 Å². The fourth-order valence-corrected chi connectivity index (χ4v) is 2.19. The van der Waals surface area contributed by atoms with Crippen molar-refractivity contribution in [3.63, 3.8) is 0 Å². The largest absolute Gasteiger partial charge is 0.496 e. The smallest absolute Gasteiger partial charge is 0.330 e. The summed E-state index contributed by atoms with van der Waals surface area (Å²) < 4.78 is 10.5. The number of aryl methyl sites for hydroxylation is 2. The topological polar surface area (TPSA) is 48.4 Å². The molecule has 1 aromatic carbocycles. The highest BCUT2D eigenvalue weighted by Gasteiger charge is 2.02. The number of ether oxygens (including phenoxy) is 2. The van der Waals surface area contributed by atoms with E-state index in [0.717, 1.165) is 29.7 Å². The third kappa shape index (κ3) is 5.58. The van der Waals surface area contributed by atoms with Crippen LogP contribution in [-0.4, -0.2) is 24.7 Å². The average Bonchev–Trinajstić information content (AvgIpc) is 2.58. The van der Waals surface area contributed by atoms with Crippen LogP contribution in [0.25, 0.3) is 6.08 Å². The first-order valence-electron chi connectivity index (χ1n) is 7.57. The second-order valence-corrected chi connectivity index (χ2v) is 5.21. The van der Waals surface area contributed by atoms with Crippen LogP contribution in [0.5, 0.6) is 5.75 Å². The number of esters is 1. The summed E-state index contributed by atoms with van der Waals surface area (Å²) in [5.41, 5.74) is 3.16. The first-order valence-corrected chi connectivity index (χ1v) is 7.57. The molecule has 0 aliphatic heterocycles. The van der Waals surface area contributed by atoms with Gasteiger partial charge in [0, 0.05) is 24.0 Å². The minimum absolute atomic E-state index is 0.344. The number of carbonyl (C=O) groups excluding carboxylic acids is 1. The number of pyridine rings is 1. The normalized spacial score (nSPS) is 10.7. The van der Waals surface area contributed by atoms with E-state index < -0.39 is 0 Å². The van der Waals surface area contributed by atoms with Gasteiger partial charge in [0.05, 0.1) is 13.7 Å². The zero-order chi connectivity index (χ0) is 16.5. The molecule has 0 radical (unpaired) electrons. The van der Waals surface area contributed by atoms with Crippen LogP contribution < -0.4 is 4.74 Å². The Balaban J connectivity index is 1.79. The van der Waals surface area contributed by atoms with Crippen LogP contribution in [0, 0.1) is 6.92 Å². The molecule has 0 saturated carbocycles. The van der Waals surface area contributed by atoms with Crippen LogP contribution in [0.3, 0.4) is 0 Å². The zero-order valence-corrected chi connectivity index (χ0v) is 13.5. The molecule has 4 nitrogen and oxygen atoms in total. The van der Waals surface area contributed by atoms with Gasteiger partial charge in [0.2, 0.25) is 0 Å². The van der Waals surface area contributed by atoms with Crippen molar-refractivity contribution >= 4 is 12.0 Å². The molecule has 1 heterocycles. The van der Waals surface area contributed by atoms with E-state index in [1.54, 1.807) is 25.6 Å². The molecule has 0 saturated heterocycles. The Hall–Kier alpha value is -2.62. The van der Waals surface area contributed by atoms with E-state index in [9.17, 15) is 4.79 Å². The molecule has 23 heavy (non-hydrogen) atoms. The summed E-state index contributed by atoms with van der Waals surface area (Å²) in [5, 5.41) is 0. The summed E-state index contributed by atoms with van der Waals surface area (Å²) in [7, 11) is 1.61. The maximum absolute atomic E-state index is 11.8. The third-order valence-corrected chi connectivity index (χ3v) is 3.39. The predicted molar refractivity (Wildman–Crippen MR) is 90.3 cm³/mol.